The van der Waals surface area contributed by atoms with E-state index in [1.54, 1.807) is 34.6 Å². The summed E-state index contributed by atoms with van der Waals surface area (Å²) in [6.45, 7) is 11.9. The van der Waals surface area contributed by atoms with Gasteiger partial charge in [-0.1, -0.05) is 13.8 Å². The Hall–Kier alpha value is -3.83. The van der Waals surface area contributed by atoms with E-state index in [1.165, 1.54) is 6.92 Å². The van der Waals surface area contributed by atoms with E-state index in [9.17, 15) is 24.0 Å². The number of ether oxygens (including phenoxy) is 3. The quantitative estimate of drug-likeness (QED) is 0.310. The normalized spacial score (nSPS) is 19.4. The van der Waals surface area contributed by atoms with Crippen LogP contribution in [0.2, 0.25) is 0 Å². The van der Waals surface area contributed by atoms with Crippen molar-refractivity contribution in [1.29, 1.82) is 0 Å². The Labute approximate surface area is 259 Å². The lowest BCUT2D eigenvalue weighted by molar-refractivity contribution is -0.166. The standard InChI is InChI=1S/C32H46N4O8/c1-7-27(37)33-14-16-35-25-18-24(21(5)17-26(25)44-32(30(35)40)12-10-13-32)29(39)36(20(3)4)23-11-9-15-34(19-23)31(41)43-22(6)42-28(38)8-2/h17-18,20,22-23H,7-16,19H2,1-6H3,(H,33,37)/t22?,23-/m1/s1. The molecule has 1 aromatic carbocycles. The number of carbonyl (C=O) groups excluding carboxylic acids is 5. The van der Waals surface area contributed by atoms with E-state index in [1.807, 2.05) is 26.8 Å². The molecule has 1 saturated heterocycles. The molecule has 2 atom stereocenters. The van der Waals surface area contributed by atoms with Crippen LogP contribution in [0, 0.1) is 6.92 Å². The average molecular weight is 615 g/mol. The zero-order chi connectivity index (χ0) is 32.2. The number of nitrogens with zero attached hydrogens (tertiary/aromatic N) is 3. The lowest BCUT2D eigenvalue weighted by atomic mass is 9.77. The molecule has 3 aliphatic rings. The van der Waals surface area contributed by atoms with Gasteiger partial charge in [0.05, 0.1) is 11.7 Å². The molecular weight excluding hydrogens is 568 g/mol. The summed E-state index contributed by atoms with van der Waals surface area (Å²) in [6.07, 6.45) is 2.44. The van der Waals surface area contributed by atoms with Crippen molar-refractivity contribution < 1.29 is 38.2 Å². The van der Waals surface area contributed by atoms with Gasteiger partial charge >= 0.3 is 12.1 Å². The number of benzene rings is 1. The first-order valence-electron chi connectivity index (χ1n) is 15.8. The maximum Gasteiger partial charge on any atom is 0.412 e. The number of esters is 1. The first kappa shape index (κ1) is 33.1. The van der Waals surface area contributed by atoms with Crippen molar-refractivity contribution in [3.63, 3.8) is 0 Å². The molecule has 4 rings (SSSR count). The van der Waals surface area contributed by atoms with Crippen LogP contribution >= 0.6 is 0 Å². The summed E-state index contributed by atoms with van der Waals surface area (Å²) in [5.41, 5.74) is 0.790. The van der Waals surface area contributed by atoms with Crippen LogP contribution in [-0.4, -0.2) is 89.7 Å². The number of hydrogen-bond donors (Lipinski definition) is 1. The van der Waals surface area contributed by atoms with E-state index in [2.05, 4.69) is 5.32 Å². The summed E-state index contributed by atoms with van der Waals surface area (Å²) in [6, 6.07) is 3.10. The topological polar surface area (TPSA) is 135 Å². The molecule has 4 amide bonds. The first-order valence-corrected chi connectivity index (χ1v) is 15.8. The number of likely N-dealkylation sites (tertiary alicyclic amines) is 1. The Morgan fingerprint density at radius 3 is 2.43 bits per heavy atom. The lowest BCUT2D eigenvalue weighted by Crippen LogP contribution is -2.61. The third kappa shape index (κ3) is 6.94. The molecule has 2 fully saturated rings. The second kappa shape index (κ2) is 13.9. The summed E-state index contributed by atoms with van der Waals surface area (Å²) < 4.78 is 16.7. The molecule has 1 saturated carbocycles. The minimum atomic E-state index is -1.02. The number of carbonyl (C=O) groups is 5. The summed E-state index contributed by atoms with van der Waals surface area (Å²) >= 11 is 0. The van der Waals surface area contributed by atoms with E-state index >= 15 is 0 Å². The molecule has 2 aliphatic heterocycles. The number of rotatable bonds is 10. The average Bonchev–Trinajstić information content (AvgIpc) is 2.96. The van der Waals surface area contributed by atoms with Crippen molar-refractivity contribution in [3.05, 3.63) is 23.3 Å². The van der Waals surface area contributed by atoms with Gasteiger partial charge in [-0.2, -0.15) is 0 Å². The van der Waals surface area contributed by atoms with E-state index < -0.39 is 24.0 Å². The number of aryl methyl sites for hydroxylation is 1. The van der Waals surface area contributed by atoms with Crippen LogP contribution in [0.15, 0.2) is 12.1 Å². The molecule has 1 N–H and O–H groups in total. The van der Waals surface area contributed by atoms with Gasteiger partial charge in [0.25, 0.3) is 11.8 Å². The largest absolute Gasteiger partial charge is 0.475 e. The summed E-state index contributed by atoms with van der Waals surface area (Å²) in [4.78, 5) is 69.3. The smallest absolute Gasteiger partial charge is 0.412 e. The molecule has 44 heavy (non-hydrogen) atoms. The van der Waals surface area contributed by atoms with Gasteiger partial charge in [-0.15, -0.1) is 0 Å². The molecule has 12 nitrogen and oxygen atoms in total. The van der Waals surface area contributed by atoms with Crippen LogP contribution < -0.4 is 15.0 Å². The predicted octanol–water partition coefficient (Wildman–Crippen LogP) is 3.92. The maximum atomic E-state index is 14.3. The minimum Gasteiger partial charge on any atom is -0.475 e. The van der Waals surface area contributed by atoms with Crippen molar-refractivity contribution in [2.24, 2.45) is 0 Å². The van der Waals surface area contributed by atoms with Gasteiger partial charge in [0.15, 0.2) is 5.60 Å². The Kier molecular flexibility index (Phi) is 10.4. The van der Waals surface area contributed by atoms with Crippen molar-refractivity contribution in [1.82, 2.24) is 15.1 Å². The highest BCUT2D eigenvalue weighted by molar-refractivity contribution is 6.05. The minimum absolute atomic E-state index is 0.0986. The van der Waals surface area contributed by atoms with E-state index in [-0.39, 0.29) is 55.9 Å². The summed E-state index contributed by atoms with van der Waals surface area (Å²) in [5.74, 6) is -0.358. The molecule has 1 spiro atoms. The molecule has 0 aromatic heterocycles. The lowest BCUT2D eigenvalue weighted by Gasteiger charge is -2.47. The fourth-order valence-electron chi connectivity index (χ4n) is 6.09. The van der Waals surface area contributed by atoms with Gasteiger partial charge in [-0.25, -0.2) is 4.79 Å². The van der Waals surface area contributed by atoms with Gasteiger partial charge in [0.1, 0.15) is 5.75 Å². The number of nitrogens with one attached hydrogen (secondary N) is 1. The molecule has 242 valence electrons. The molecule has 0 radical (unpaired) electrons. The first-order chi connectivity index (χ1) is 20.9. The monoisotopic (exact) mass is 614 g/mol. The van der Waals surface area contributed by atoms with Crippen molar-refractivity contribution in [3.8, 4) is 5.75 Å². The Bertz CT molecular complexity index is 1280. The molecule has 1 aromatic rings. The fourth-order valence-corrected chi connectivity index (χ4v) is 6.09. The van der Waals surface area contributed by atoms with Crippen molar-refractivity contribution >= 4 is 35.5 Å². The highest BCUT2D eigenvalue weighted by Gasteiger charge is 2.52. The number of anilines is 1. The molecule has 12 heteroatoms. The number of hydrogen-bond acceptors (Lipinski definition) is 8. The fraction of sp³-hybridized carbons (Fsp3) is 0.656. The van der Waals surface area contributed by atoms with Crippen LogP contribution in [0.1, 0.15) is 95.5 Å². The second-order valence-electron chi connectivity index (χ2n) is 12.1. The van der Waals surface area contributed by atoms with Gasteiger partial charge in [0, 0.05) is 57.5 Å². The highest BCUT2D eigenvalue weighted by Crippen LogP contribution is 2.47. The Morgan fingerprint density at radius 1 is 1.09 bits per heavy atom. The molecule has 0 bridgehead atoms. The van der Waals surface area contributed by atoms with E-state index in [0.29, 0.717) is 55.6 Å². The van der Waals surface area contributed by atoms with Crippen LogP contribution in [0.5, 0.6) is 5.75 Å². The molecule has 1 unspecified atom stereocenters. The van der Waals surface area contributed by atoms with Crippen LogP contribution in [0.25, 0.3) is 0 Å². The molecule has 2 heterocycles. The van der Waals surface area contributed by atoms with Crippen LogP contribution in [-0.2, 0) is 23.9 Å². The Balaban J connectivity index is 1.56. The third-order valence-electron chi connectivity index (χ3n) is 8.60. The third-order valence-corrected chi connectivity index (χ3v) is 8.60. The second-order valence-corrected chi connectivity index (χ2v) is 12.1. The van der Waals surface area contributed by atoms with Gasteiger partial charge in [-0.3, -0.25) is 19.2 Å². The molecular formula is C32H46N4O8. The highest BCUT2D eigenvalue weighted by atomic mass is 16.7. The zero-order valence-electron chi connectivity index (χ0n) is 26.8. The van der Waals surface area contributed by atoms with Gasteiger partial charge in [-0.05, 0) is 70.6 Å². The van der Waals surface area contributed by atoms with Crippen molar-refractivity contribution in [2.75, 3.05) is 31.1 Å². The predicted molar refractivity (Wildman–Crippen MR) is 162 cm³/mol. The summed E-state index contributed by atoms with van der Waals surface area (Å²) in [7, 11) is 0. The van der Waals surface area contributed by atoms with Crippen LogP contribution in [0.3, 0.4) is 0 Å². The van der Waals surface area contributed by atoms with E-state index in [0.717, 1.165) is 12.0 Å². The Morgan fingerprint density at radius 2 is 1.82 bits per heavy atom. The SMILES string of the molecule is CCC(=O)NCCN1C(=O)C2(CCC2)Oc2cc(C)c(C(=O)N(C(C)C)[C@@H]3CCCN(C(=O)OC(C)OC(=O)CC)C3)cc21. The van der Waals surface area contributed by atoms with Crippen molar-refractivity contribution in [2.45, 2.75) is 110 Å². The summed E-state index contributed by atoms with van der Waals surface area (Å²) in [5, 5.41) is 2.84. The number of fused-ring (bicyclic) bond motifs is 1. The number of amides is 4. The van der Waals surface area contributed by atoms with Gasteiger partial charge in [0.2, 0.25) is 12.2 Å². The van der Waals surface area contributed by atoms with E-state index in [4.69, 9.17) is 14.2 Å². The van der Waals surface area contributed by atoms with Crippen LogP contribution in [0.4, 0.5) is 10.5 Å². The number of piperidine rings is 1. The zero-order valence-corrected chi connectivity index (χ0v) is 26.8. The maximum absolute atomic E-state index is 14.3. The van der Waals surface area contributed by atoms with Gasteiger partial charge < -0.3 is 34.2 Å². The molecule has 1 aliphatic carbocycles.